The van der Waals surface area contributed by atoms with Gasteiger partial charge in [-0.3, -0.25) is 9.59 Å². The fraction of sp³-hybridized carbons (Fsp3) is 0.296. The zero-order valence-electron chi connectivity index (χ0n) is 37.3. The summed E-state index contributed by atoms with van der Waals surface area (Å²) in [5.74, 6) is -0.0546. The maximum Gasteiger partial charge on any atom is 0.252 e. The Balaban J connectivity index is 0.000000119. The highest BCUT2D eigenvalue weighted by Crippen LogP contribution is 2.61. The Morgan fingerprint density at radius 3 is 1.51 bits per heavy atom. The smallest absolute Gasteiger partial charge is 0.252 e. The van der Waals surface area contributed by atoms with Gasteiger partial charge >= 0.3 is 0 Å². The number of aliphatic hydroxyl groups excluding tert-OH is 1. The molecular formula is C54H44N6O8. The zero-order chi connectivity index (χ0) is 45.5. The van der Waals surface area contributed by atoms with Crippen LogP contribution >= 0.6 is 0 Å². The van der Waals surface area contributed by atoms with Crippen LogP contribution < -0.4 is 10.6 Å². The second-order valence-corrected chi connectivity index (χ2v) is 20.1. The monoisotopic (exact) mass is 904 g/mol. The summed E-state index contributed by atoms with van der Waals surface area (Å²) >= 11 is 0. The van der Waals surface area contributed by atoms with Crippen molar-refractivity contribution in [1.82, 2.24) is 28.9 Å². The van der Waals surface area contributed by atoms with Crippen LogP contribution in [0.5, 0.6) is 0 Å². The summed E-state index contributed by atoms with van der Waals surface area (Å²) in [6.07, 6.45) is -0.126. The second-order valence-electron chi connectivity index (χ2n) is 20.1. The molecule has 0 saturated carbocycles. The zero-order valence-corrected chi connectivity index (χ0v) is 37.3. The number of ether oxygens (including phenoxy) is 4. The number of aliphatic hydroxyl groups is 2. The Morgan fingerprint density at radius 1 is 0.588 bits per heavy atom. The predicted molar refractivity (Wildman–Crippen MR) is 255 cm³/mol. The van der Waals surface area contributed by atoms with Crippen LogP contribution in [0.1, 0.15) is 77.9 Å². The van der Waals surface area contributed by atoms with Gasteiger partial charge in [0.25, 0.3) is 11.8 Å². The van der Waals surface area contributed by atoms with Crippen LogP contribution in [0.25, 0.3) is 87.2 Å². The standard InChI is InChI=1S/C28H23N3O4.C26H21N3O4/c1-14-33-13-28(34-14)11-20-30-18-9-5-3-7-15(18)22-23-17(12-29-26(23)32)21-16-8-4-6-10-19(16)31(25(21)24(22)30)27(28,2)35-20;1-25-26(32,12-30)10-18(33-25)28-16-8-4-2-6-13(16)20-21-15(11-27-24(21)31)19-14-7-3-5-9-17(14)29(25)23(19)22(20)28/h3-10,14,20H,11-13H2,1-2H3,(H,29,32);2-9,18,30,32H,10-12H2,1H3,(H,27,31)/t14?,20-,27+,28+;18-,25+,26+/m11/s1. The summed E-state index contributed by atoms with van der Waals surface area (Å²) in [7, 11) is 0. The van der Waals surface area contributed by atoms with E-state index < -0.39 is 35.5 Å². The van der Waals surface area contributed by atoms with Crippen molar-refractivity contribution in [2.24, 2.45) is 0 Å². The first kappa shape index (κ1) is 38.2. The Kier molecular flexibility index (Phi) is 6.79. The van der Waals surface area contributed by atoms with E-state index in [4.69, 9.17) is 18.9 Å². The van der Waals surface area contributed by atoms with E-state index >= 15 is 0 Å². The van der Waals surface area contributed by atoms with Crippen molar-refractivity contribution in [2.45, 2.75) is 88.1 Å². The van der Waals surface area contributed by atoms with Crippen molar-refractivity contribution in [1.29, 1.82) is 0 Å². The maximum absolute atomic E-state index is 13.3. The molecular weight excluding hydrogens is 861 g/mol. The lowest BCUT2D eigenvalue weighted by Crippen LogP contribution is -2.53. The molecule has 14 nitrogen and oxygen atoms in total. The van der Waals surface area contributed by atoms with Gasteiger partial charge in [0.2, 0.25) is 0 Å². The Labute approximate surface area is 386 Å². The highest BCUT2D eigenvalue weighted by atomic mass is 16.7. The van der Waals surface area contributed by atoms with Crippen molar-refractivity contribution < 1.29 is 38.7 Å². The highest BCUT2D eigenvalue weighted by molar-refractivity contribution is 6.32. The molecule has 0 aliphatic carbocycles. The number of fused-ring (bicyclic) bond motifs is 27. The number of carbonyl (C=O) groups is 2. The molecule has 3 saturated heterocycles. The van der Waals surface area contributed by atoms with E-state index in [-0.39, 0.29) is 30.8 Å². The average molecular weight is 905 g/mol. The maximum atomic E-state index is 13.3. The molecule has 7 atom stereocenters. The SMILES string of the molecule is CC1OC[C@]2(C[C@H]3O[C@]2(C)n2c4ccccc4c4c5c(c6c7ccccc7n3c6c42)C(=O)NC5)O1.C[C@]12O[C@H](C[C@]1(O)CO)n1c3ccccc3c3c4c(c5c6ccccc6n2c5c31)CNC4=O. The molecule has 14 heteroatoms. The third-order valence-corrected chi connectivity index (χ3v) is 17.1. The van der Waals surface area contributed by atoms with Gasteiger partial charge < -0.3 is 58.1 Å². The van der Waals surface area contributed by atoms with Crippen LogP contribution in [-0.4, -0.2) is 71.0 Å². The third-order valence-electron chi connectivity index (χ3n) is 17.1. The molecule has 0 radical (unpaired) electrons. The van der Waals surface area contributed by atoms with Crippen LogP contribution in [0.15, 0.2) is 97.1 Å². The molecule has 1 spiro atoms. The van der Waals surface area contributed by atoms with Gasteiger partial charge in [0.1, 0.15) is 23.7 Å². The number of carbonyl (C=O) groups excluding carboxylic acids is 2. The van der Waals surface area contributed by atoms with Crippen molar-refractivity contribution in [3.63, 3.8) is 0 Å². The lowest BCUT2D eigenvalue weighted by Gasteiger charge is -2.39. The second kappa shape index (κ2) is 12.1. The van der Waals surface area contributed by atoms with Crippen LogP contribution in [0.4, 0.5) is 0 Å². The van der Waals surface area contributed by atoms with Crippen LogP contribution in [0.2, 0.25) is 0 Å². The molecule has 2 amide bonds. The quantitative estimate of drug-likeness (QED) is 0.128. The van der Waals surface area contributed by atoms with E-state index in [1.807, 2.05) is 62.4 Å². The number of benzene rings is 6. The third kappa shape index (κ3) is 4.03. The number of hydrogen-bond donors (Lipinski definition) is 4. The van der Waals surface area contributed by atoms with Crippen molar-refractivity contribution in [3.8, 4) is 0 Å². The molecule has 1 unspecified atom stereocenters. The van der Waals surface area contributed by atoms with E-state index in [0.29, 0.717) is 26.1 Å². The molecule has 11 heterocycles. The summed E-state index contributed by atoms with van der Waals surface area (Å²) in [5.41, 5.74) is 7.60. The minimum Gasteiger partial charge on any atom is -0.393 e. The van der Waals surface area contributed by atoms with Gasteiger partial charge in [0.15, 0.2) is 17.7 Å². The fourth-order valence-corrected chi connectivity index (χ4v) is 14.2. The van der Waals surface area contributed by atoms with Gasteiger partial charge in [-0.05, 0) is 56.2 Å². The fourth-order valence-electron chi connectivity index (χ4n) is 14.2. The van der Waals surface area contributed by atoms with Crippen LogP contribution in [0, 0.1) is 0 Å². The first-order chi connectivity index (χ1) is 33.0. The Morgan fingerprint density at radius 2 is 1.03 bits per heavy atom. The summed E-state index contributed by atoms with van der Waals surface area (Å²) in [5, 5.41) is 36.6. The topological polar surface area (TPSA) is 155 Å². The Hall–Kier alpha value is -6.78. The number of para-hydroxylation sites is 4. The first-order valence-electron chi connectivity index (χ1n) is 23.6. The van der Waals surface area contributed by atoms with Gasteiger partial charge in [-0.25, -0.2) is 0 Å². The number of nitrogens with one attached hydrogen (secondary N) is 2. The number of amides is 2. The summed E-state index contributed by atoms with van der Waals surface area (Å²) in [6.45, 7) is 7.01. The molecule has 4 aromatic heterocycles. The number of nitrogens with zero attached hydrogens (tertiary/aromatic N) is 4. The minimum atomic E-state index is -1.48. The highest BCUT2D eigenvalue weighted by Gasteiger charge is 2.66. The van der Waals surface area contributed by atoms with Crippen molar-refractivity contribution >= 4 is 99.0 Å². The molecule has 6 aromatic carbocycles. The van der Waals surface area contributed by atoms with E-state index in [9.17, 15) is 19.8 Å². The normalized spacial score (nSPS) is 29.5. The number of aromatic nitrogens is 4. The first-order valence-corrected chi connectivity index (χ1v) is 23.6. The molecule has 4 bridgehead atoms. The number of hydrogen-bond acceptors (Lipinski definition) is 8. The molecule has 10 aromatic rings. The largest absolute Gasteiger partial charge is 0.393 e. The van der Waals surface area contributed by atoms with Crippen LogP contribution in [0.3, 0.4) is 0 Å². The summed E-state index contributed by atoms with van der Waals surface area (Å²) in [4.78, 5) is 26.5. The van der Waals surface area contributed by atoms with Gasteiger partial charge in [-0.15, -0.1) is 0 Å². The minimum absolute atomic E-state index is 0.000919. The molecule has 17 rings (SSSR count). The van der Waals surface area contributed by atoms with E-state index in [2.05, 4.69) is 84.4 Å². The van der Waals surface area contributed by atoms with Crippen LogP contribution in [-0.2, 0) is 43.5 Å². The predicted octanol–water partition coefficient (Wildman–Crippen LogP) is 8.36. The van der Waals surface area contributed by atoms with Gasteiger partial charge in [0, 0.05) is 69.0 Å². The number of rotatable bonds is 1. The van der Waals surface area contributed by atoms with Gasteiger partial charge in [-0.2, -0.15) is 0 Å². The van der Waals surface area contributed by atoms with Crippen molar-refractivity contribution in [3.05, 3.63) is 119 Å². The lowest BCUT2D eigenvalue weighted by atomic mass is 9.89. The lowest BCUT2D eigenvalue weighted by molar-refractivity contribution is -0.190. The molecule has 338 valence electrons. The van der Waals surface area contributed by atoms with Gasteiger partial charge in [0.05, 0.1) is 68.5 Å². The molecule has 7 aliphatic rings. The molecule has 4 N–H and O–H groups in total. The van der Waals surface area contributed by atoms with E-state index in [1.54, 1.807) is 0 Å². The van der Waals surface area contributed by atoms with Crippen molar-refractivity contribution in [2.75, 3.05) is 13.2 Å². The summed E-state index contributed by atoms with van der Waals surface area (Å²) < 4.78 is 35.3. The Bertz CT molecular complexity index is 4070. The average Bonchev–Trinajstić information content (AvgIpc) is 4.23. The molecule has 3 fully saturated rings. The van der Waals surface area contributed by atoms with Gasteiger partial charge in [-0.1, -0.05) is 72.8 Å². The van der Waals surface area contributed by atoms with E-state index in [0.717, 1.165) is 109 Å². The molecule has 7 aliphatic heterocycles. The van der Waals surface area contributed by atoms with E-state index in [1.165, 1.54) is 0 Å². The molecule has 68 heavy (non-hydrogen) atoms. The summed E-state index contributed by atoms with van der Waals surface area (Å²) in [6, 6.07) is 32.9.